The van der Waals surface area contributed by atoms with E-state index in [1.54, 1.807) is 6.08 Å². The number of methoxy groups -OCH3 is 1. The summed E-state index contributed by atoms with van der Waals surface area (Å²) in [7, 11) is 1.29. The summed E-state index contributed by atoms with van der Waals surface area (Å²) in [5.74, 6) is -0.732. The molecule has 5 heterocycles. The van der Waals surface area contributed by atoms with Gasteiger partial charge in [-0.25, -0.2) is 15.0 Å². The van der Waals surface area contributed by atoms with Crippen LogP contribution in [0.3, 0.4) is 0 Å². The normalized spacial score (nSPS) is 23.2. The molecule has 5 atom stereocenters. The van der Waals surface area contributed by atoms with E-state index in [1.807, 2.05) is 45.1 Å². The van der Waals surface area contributed by atoms with Crippen molar-refractivity contribution < 1.29 is 29.0 Å². The summed E-state index contributed by atoms with van der Waals surface area (Å²) < 4.78 is 11.0. The fourth-order valence-corrected chi connectivity index (χ4v) is 10.1. The number of aliphatic hydroxyl groups is 1. The molecule has 348 valence electrons. The molecule has 10 nitrogen and oxygen atoms in total. The highest BCUT2D eigenvalue weighted by Gasteiger charge is 2.52. The molecule has 5 aliphatic heterocycles. The molecule has 1 saturated carbocycles. The summed E-state index contributed by atoms with van der Waals surface area (Å²) in [4.78, 5) is 56.5. The maximum Gasteiger partial charge on any atom is 0.321 e. The molecule has 0 aromatic rings. The van der Waals surface area contributed by atoms with Gasteiger partial charge in [0.15, 0.2) is 5.78 Å². The van der Waals surface area contributed by atoms with Gasteiger partial charge in [-0.1, -0.05) is 105 Å². The average Bonchev–Trinajstić information content (AvgIpc) is 4.02. The van der Waals surface area contributed by atoms with E-state index in [4.69, 9.17) is 24.5 Å². The monoisotopic (exact) mass is 885 g/mol. The van der Waals surface area contributed by atoms with Crippen molar-refractivity contribution in [3.8, 4) is 0 Å². The Balaban J connectivity index is 1.21. The number of ketones is 1. The van der Waals surface area contributed by atoms with Crippen LogP contribution in [0.2, 0.25) is 0 Å². The van der Waals surface area contributed by atoms with Crippen molar-refractivity contribution >= 4 is 34.9 Å². The highest BCUT2D eigenvalue weighted by atomic mass is 16.5. The predicted molar refractivity (Wildman–Crippen MR) is 262 cm³/mol. The Morgan fingerprint density at radius 3 is 2.25 bits per heavy atom. The lowest BCUT2D eigenvalue weighted by molar-refractivity contribution is -0.146. The van der Waals surface area contributed by atoms with E-state index in [0.717, 1.165) is 53.4 Å². The van der Waals surface area contributed by atoms with Crippen molar-refractivity contribution in [2.45, 2.75) is 139 Å². The number of fused-ring (bicyclic) bond motifs is 5. The van der Waals surface area contributed by atoms with Gasteiger partial charge in [-0.05, 0) is 105 Å². The minimum absolute atomic E-state index is 0.139. The molecule has 2 fully saturated rings. The molecular weight excluding hydrogens is 813 g/mol. The molecule has 0 aromatic heterocycles. The van der Waals surface area contributed by atoms with Crippen molar-refractivity contribution in [1.29, 1.82) is 0 Å². The number of rotatable bonds is 20. The molecule has 0 aromatic carbocycles. The van der Waals surface area contributed by atoms with E-state index in [-0.39, 0.29) is 36.6 Å². The first kappa shape index (κ1) is 49.1. The first-order valence-electron chi connectivity index (χ1n) is 24.1. The van der Waals surface area contributed by atoms with Crippen molar-refractivity contribution in [2.75, 3.05) is 13.7 Å². The predicted octanol–water partition coefficient (Wildman–Crippen LogP) is 12.1. The highest BCUT2D eigenvalue weighted by Crippen LogP contribution is 2.47. The quantitative estimate of drug-likeness (QED) is 0.0537. The summed E-state index contributed by atoms with van der Waals surface area (Å²) in [5, 5.41) is 14.1. The van der Waals surface area contributed by atoms with Gasteiger partial charge in [0.25, 0.3) is 0 Å². The minimum Gasteiger partial charge on any atom is -0.515 e. The number of nitrogens with one attached hydrogen (secondary N) is 1. The van der Waals surface area contributed by atoms with Gasteiger partial charge < -0.3 is 19.9 Å². The Morgan fingerprint density at radius 1 is 0.908 bits per heavy atom. The van der Waals surface area contributed by atoms with Gasteiger partial charge in [0, 0.05) is 51.9 Å². The van der Waals surface area contributed by atoms with Crippen LogP contribution in [0.15, 0.2) is 131 Å². The van der Waals surface area contributed by atoms with Crippen molar-refractivity contribution in [3.63, 3.8) is 0 Å². The average molecular weight is 885 g/mol. The van der Waals surface area contributed by atoms with Gasteiger partial charge in [-0.3, -0.25) is 14.4 Å². The molecule has 65 heavy (non-hydrogen) atoms. The number of ether oxygens (including phenoxy) is 2. The SMILES string of the molecule is C=CC1=C(C)C2=NC1=CC1=NC(=C(CC)/C1=C\O)C=C1N=C3C(=C1C)C(=O)[C@H](C(=O)OC)C3=C1NC(=C2)[C@H](C)[C@@H]1CCC(=O)OC/C=C(\C)CCC[C@H](C)CCC[C@@H](C)CCCC(C)C. The first-order valence-corrected chi connectivity index (χ1v) is 24.1. The second-order valence-electron chi connectivity index (χ2n) is 19.4. The molecule has 0 amide bonds. The number of nitrogens with zero attached hydrogens (tertiary/aromatic N) is 3. The standard InChI is InChI=1S/C55H72N4O6/c1-12-38-35(8)42-27-43-36(9)40(23-24-48(61)65-26-25-34(7)22-16-21-33(6)20-15-19-32(5)18-14-17-31(3)4)52(58-43)50-51(55(63)64-11)54(62)49-37(10)44(59-53(49)50)28-46-39(13-2)41(30-60)47(57-46)29-45(38)56-42/h12,25,27-33,36,40,51,58,60H,1,13-24,26H2,2-11H3/b34-25+,41-30+,43-27?,44-28?,45-29?,52-50?/t32-,33+,36+,40-,51+/m0/s1. The number of aliphatic imine (C=N–C) groups is 3. The highest BCUT2D eigenvalue weighted by molar-refractivity contribution is 6.42. The number of Topliss-reactive ketones (excluding diaryl/α,β-unsaturated/α-hetero) is 1. The number of hydrogen-bond acceptors (Lipinski definition) is 10. The molecule has 8 bridgehead atoms. The Labute approximate surface area is 387 Å². The number of aliphatic hydroxyl groups excluding tert-OH is 1. The summed E-state index contributed by atoms with van der Waals surface area (Å²) in [5.41, 5.74) is 10.9. The molecule has 2 N–H and O–H groups in total. The third-order valence-corrected chi connectivity index (χ3v) is 14.2. The second-order valence-corrected chi connectivity index (χ2v) is 19.4. The number of esters is 2. The summed E-state index contributed by atoms with van der Waals surface area (Å²) in [6, 6.07) is 0. The largest absolute Gasteiger partial charge is 0.515 e. The van der Waals surface area contributed by atoms with Gasteiger partial charge in [0.05, 0.1) is 47.6 Å². The third-order valence-electron chi connectivity index (χ3n) is 14.2. The Bertz CT molecular complexity index is 2350. The van der Waals surface area contributed by atoms with E-state index in [1.165, 1.54) is 57.6 Å². The smallest absolute Gasteiger partial charge is 0.321 e. The molecule has 0 unspecified atom stereocenters. The lowest BCUT2D eigenvalue weighted by Crippen LogP contribution is -2.26. The van der Waals surface area contributed by atoms with Gasteiger partial charge in [-0.2, -0.15) is 0 Å². The molecule has 0 radical (unpaired) electrons. The molecule has 6 rings (SSSR count). The molecule has 10 heteroatoms. The Morgan fingerprint density at radius 2 is 1.60 bits per heavy atom. The van der Waals surface area contributed by atoms with Crippen LogP contribution in [0.4, 0.5) is 0 Å². The topological polar surface area (TPSA) is 139 Å². The van der Waals surface area contributed by atoms with Crippen LogP contribution in [0, 0.1) is 35.5 Å². The third kappa shape index (κ3) is 10.8. The first-order chi connectivity index (χ1) is 31.1. The van der Waals surface area contributed by atoms with Crippen LogP contribution >= 0.6 is 0 Å². The van der Waals surface area contributed by atoms with Crippen LogP contribution < -0.4 is 5.32 Å². The molecular formula is C55H72N4O6. The van der Waals surface area contributed by atoms with Gasteiger partial charge in [-0.15, -0.1) is 0 Å². The number of hydrogen-bond donors (Lipinski definition) is 2. The zero-order chi connectivity index (χ0) is 47.1. The fourth-order valence-electron chi connectivity index (χ4n) is 10.1. The number of carbonyl (C=O) groups excluding carboxylic acids is 3. The fraction of sp³-hybridized carbons (Fsp3) is 0.527. The van der Waals surface area contributed by atoms with Crippen molar-refractivity contribution in [1.82, 2.24) is 5.32 Å². The van der Waals surface area contributed by atoms with E-state index in [0.29, 0.717) is 81.0 Å². The van der Waals surface area contributed by atoms with Crippen LogP contribution in [0.5, 0.6) is 0 Å². The van der Waals surface area contributed by atoms with E-state index >= 15 is 0 Å². The van der Waals surface area contributed by atoms with E-state index in [2.05, 4.69) is 53.4 Å². The zero-order valence-electron chi connectivity index (χ0n) is 40.7. The maximum absolute atomic E-state index is 14.4. The molecule has 0 spiro atoms. The Kier molecular flexibility index (Phi) is 16.4. The zero-order valence-corrected chi connectivity index (χ0v) is 40.7. The lowest BCUT2D eigenvalue weighted by Gasteiger charge is -2.19. The minimum atomic E-state index is -1.23. The molecule has 1 aliphatic carbocycles. The van der Waals surface area contributed by atoms with Crippen molar-refractivity contribution in [2.24, 2.45) is 50.5 Å². The van der Waals surface area contributed by atoms with Crippen LogP contribution in [-0.2, 0) is 23.9 Å². The van der Waals surface area contributed by atoms with E-state index in [9.17, 15) is 19.5 Å². The summed E-state index contributed by atoms with van der Waals surface area (Å²) in [6.07, 6.45) is 22.9. The molecule has 6 aliphatic rings. The van der Waals surface area contributed by atoms with E-state index < -0.39 is 11.9 Å². The summed E-state index contributed by atoms with van der Waals surface area (Å²) in [6.45, 7) is 23.7. The molecule has 1 saturated heterocycles. The second kappa shape index (κ2) is 21.7. The maximum atomic E-state index is 14.4. The van der Waals surface area contributed by atoms with Crippen LogP contribution in [0.1, 0.15) is 139 Å². The van der Waals surface area contributed by atoms with Gasteiger partial charge >= 0.3 is 11.9 Å². The number of allylic oxidation sites excluding steroid dienone is 12. The van der Waals surface area contributed by atoms with Crippen molar-refractivity contribution in [3.05, 3.63) is 116 Å². The van der Waals surface area contributed by atoms with Gasteiger partial charge in [0.2, 0.25) is 0 Å². The number of carbonyl (C=O) groups is 3. The van der Waals surface area contributed by atoms with Crippen LogP contribution in [-0.4, -0.2) is 53.7 Å². The lowest BCUT2D eigenvalue weighted by atomic mass is 9.85. The van der Waals surface area contributed by atoms with Crippen LogP contribution in [0.25, 0.3) is 0 Å². The summed E-state index contributed by atoms with van der Waals surface area (Å²) >= 11 is 0. The van der Waals surface area contributed by atoms with Gasteiger partial charge in [0.1, 0.15) is 12.5 Å². The Hall–Kier alpha value is -5.38.